The lowest BCUT2D eigenvalue weighted by atomic mass is 10.2. The van der Waals surface area contributed by atoms with E-state index >= 15 is 0 Å². The van der Waals surface area contributed by atoms with Crippen LogP contribution in [0.1, 0.15) is 0 Å². The molecule has 0 amide bonds. The number of benzene rings is 1. The molecule has 0 bridgehead atoms. The molecule has 0 atom stereocenters. The highest BCUT2D eigenvalue weighted by molar-refractivity contribution is 5.81. The van der Waals surface area contributed by atoms with Crippen LogP contribution in [0.4, 0.5) is 0 Å². The number of aryl methyl sites for hydroxylation is 1. The first-order valence-electron chi connectivity index (χ1n) is 3.49. The fourth-order valence-corrected chi connectivity index (χ4v) is 1.24. The van der Waals surface area contributed by atoms with E-state index in [4.69, 9.17) is 0 Å². The van der Waals surface area contributed by atoms with Crippen LogP contribution in [0.3, 0.4) is 0 Å². The van der Waals surface area contributed by atoms with E-state index < -0.39 is 0 Å². The number of fused-ring (bicyclic) bond motifs is 1. The summed E-state index contributed by atoms with van der Waals surface area (Å²) in [5.74, 6) is 0.0688. The molecule has 2 rings (SSSR count). The van der Waals surface area contributed by atoms with Crippen molar-refractivity contribution >= 4 is 10.9 Å². The third kappa shape index (κ3) is 0.871. The van der Waals surface area contributed by atoms with Crippen molar-refractivity contribution in [2.75, 3.05) is 0 Å². The van der Waals surface area contributed by atoms with Crippen molar-refractivity contribution in [2.45, 2.75) is 0 Å². The standard InChI is InChI=1S/C9H8NO/c1-10-5-4-7-2-3-8(11)6-9(7)10/h2-6H,1H3. The predicted molar refractivity (Wildman–Crippen MR) is 43.1 cm³/mol. The lowest BCUT2D eigenvalue weighted by molar-refractivity contribution is 0.355. The zero-order chi connectivity index (χ0) is 7.84. The van der Waals surface area contributed by atoms with Gasteiger partial charge in [0.25, 0.3) is 0 Å². The fraction of sp³-hybridized carbons (Fsp3) is 0.111. The Labute approximate surface area is 64.7 Å². The molecule has 0 saturated carbocycles. The van der Waals surface area contributed by atoms with Crippen molar-refractivity contribution in [3.05, 3.63) is 30.5 Å². The molecule has 0 aliphatic carbocycles. The summed E-state index contributed by atoms with van der Waals surface area (Å²) in [4.78, 5) is 0. The summed E-state index contributed by atoms with van der Waals surface area (Å²) >= 11 is 0. The van der Waals surface area contributed by atoms with Crippen LogP contribution in [0.25, 0.3) is 10.9 Å². The van der Waals surface area contributed by atoms with Crippen molar-refractivity contribution in [1.82, 2.24) is 4.57 Å². The summed E-state index contributed by atoms with van der Waals surface area (Å²) in [6.45, 7) is 0. The van der Waals surface area contributed by atoms with Gasteiger partial charge in [0.05, 0.1) is 5.52 Å². The lowest BCUT2D eigenvalue weighted by Gasteiger charge is -1.94. The molecule has 2 heteroatoms. The van der Waals surface area contributed by atoms with Gasteiger partial charge in [0.15, 0.2) is 5.75 Å². The van der Waals surface area contributed by atoms with Gasteiger partial charge >= 0.3 is 0 Å². The first-order valence-corrected chi connectivity index (χ1v) is 3.49. The average Bonchev–Trinajstić information content (AvgIpc) is 2.33. The Hall–Kier alpha value is -1.44. The third-order valence-corrected chi connectivity index (χ3v) is 1.86. The van der Waals surface area contributed by atoms with Crippen molar-refractivity contribution in [1.29, 1.82) is 0 Å². The summed E-state index contributed by atoms with van der Waals surface area (Å²) in [6.07, 6.45) is 1.95. The van der Waals surface area contributed by atoms with Crippen molar-refractivity contribution < 1.29 is 5.11 Å². The first kappa shape index (κ1) is 6.28. The largest absolute Gasteiger partial charge is 0.350 e. The second-order valence-corrected chi connectivity index (χ2v) is 2.65. The van der Waals surface area contributed by atoms with Gasteiger partial charge in [0.2, 0.25) is 0 Å². The minimum absolute atomic E-state index is 0.0688. The minimum atomic E-state index is 0.0688. The zero-order valence-electron chi connectivity index (χ0n) is 6.24. The van der Waals surface area contributed by atoms with Crippen molar-refractivity contribution in [3.8, 4) is 5.75 Å². The molecule has 0 N–H and O–H groups in total. The number of nitrogens with zero attached hydrogens (tertiary/aromatic N) is 1. The number of rotatable bonds is 0. The lowest BCUT2D eigenvalue weighted by Crippen LogP contribution is -1.81. The smallest absolute Gasteiger partial charge is 0.180 e. The molecular formula is C9H8NO. The molecule has 2 aromatic rings. The van der Waals surface area contributed by atoms with E-state index in [0.717, 1.165) is 10.9 Å². The van der Waals surface area contributed by atoms with E-state index in [1.165, 1.54) is 0 Å². The highest BCUT2D eigenvalue weighted by Crippen LogP contribution is 2.20. The molecule has 55 valence electrons. The van der Waals surface area contributed by atoms with Crippen LogP contribution >= 0.6 is 0 Å². The third-order valence-electron chi connectivity index (χ3n) is 1.86. The Morgan fingerprint density at radius 1 is 1.27 bits per heavy atom. The summed E-state index contributed by atoms with van der Waals surface area (Å²) in [7, 11) is 1.93. The van der Waals surface area contributed by atoms with E-state index in [-0.39, 0.29) is 5.75 Å². The van der Waals surface area contributed by atoms with Gasteiger partial charge in [-0.3, -0.25) is 5.11 Å². The maximum Gasteiger partial charge on any atom is 0.180 e. The van der Waals surface area contributed by atoms with Gasteiger partial charge in [-0.25, -0.2) is 0 Å². The van der Waals surface area contributed by atoms with Gasteiger partial charge in [-0.05, 0) is 23.6 Å². The van der Waals surface area contributed by atoms with Gasteiger partial charge in [0.1, 0.15) is 0 Å². The topological polar surface area (TPSA) is 24.8 Å². The number of hydrogen-bond acceptors (Lipinski definition) is 0. The Morgan fingerprint density at radius 3 is 2.91 bits per heavy atom. The molecule has 1 heterocycles. The van der Waals surface area contributed by atoms with Gasteiger partial charge in [-0.1, -0.05) is 0 Å². The van der Waals surface area contributed by atoms with Gasteiger partial charge in [-0.15, -0.1) is 0 Å². The maximum atomic E-state index is 10.9. The van der Waals surface area contributed by atoms with E-state index in [1.54, 1.807) is 12.1 Å². The minimum Gasteiger partial charge on any atom is -0.350 e. The quantitative estimate of drug-likeness (QED) is 0.545. The van der Waals surface area contributed by atoms with Gasteiger partial charge in [0, 0.05) is 19.3 Å². The number of aromatic nitrogens is 1. The molecule has 0 aliphatic rings. The van der Waals surface area contributed by atoms with Crippen LogP contribution in [0.5, 0.6) is 5.75 Å². The van der Waals surface area contributed by atoms with E-state index in [0.29, 0.717) is 0 Å². The molecule has 0 unspecified atom stereocenters. The highest BCUT2D eigenvalue weighted by Gasteiger charge is 1.98. The van der Waals surface area contributed by atoms with Crippen LogP contribution in [-0.2, 0) is 12.2 Å². The van der Waals surface area contributed by atoms with Crippen LogP contribution in [-0.4, -0.2) is 4.57 Å². The Bertz CT molecular complexity index is 389. The van der Waals surface area contributed by atoms with Crippen LogP contribution in [0.2, 0.25) is 0 Å². The van der Waals surface area contributed by atoms with Crippen LogP contribution in [0.15, 0.2) is 30.5 Å². The van der Waals surface area contributed by atoms with E-state index in [1.807, 2.05) is 29.9 Å². The molecule has 0 saturated heterocycles. The monoisotopic (exact) mass is 146 g/mol. The van der Waals surface area contributed by atoms with E-state index in [2.05, 4.69) is 0 Å². The van der Waals surface area contributed by atoms with Crippen LogP contribution in [0, 0.1) is 0 Å². The molecule has 1 aromatic heterocycles. The second-order valence-electron chi connectivity index (χ2n) is 2.65. The SMILES string of the molecule is Cn1ccc2ccc([O])cc21. The summed E-state index contributed by atoms with van der Waals surface area (Å²) in [5.41, 5.74) is 0.998. The van der Waals surface area contributed by atoms with Crippen LogP contribution < -0.4 is 0 Å². The molecule has 0 fully saturated rings. The first-order chi connectivity index (χ1) is 5.27. The van der Waals surface area contributed by atoms with Gasteiger partial charge < -0.3 is 4.57 Å². The van der Waals surface area contributed by atoms with E-state index in [9.17, 15) is 5.11 Å². The normalized spacial score (nSPS) is 10.6. The molecule has 11 heavy (non-hydrogen) atoms. The van der Waals surface area contributed by atoms with Gasteiger partial charge in [-0.2, -0.15) is 0 Å². The molecule has 2 nitrogen and oxygen atoms in total. The molecule has 1 aromatic carbocycles. The summed E-state index contributed by atoms with van der Waals surface area (Å²) in [6, 6.07) is 7.07. The zero-order valence-corrected chi connectivity index (χ0v) is 6.24. The average molecular weight is 146 g/mol. The molecule has 0 spiro atoms. The molecular weight excluding hydrogens is 138 g/mol. The fourth-order valence-electron chi connectivity index (χ4n) is 1.24. The highest BCUT2D eigenvalue weighted by atomic mass is 16.3. The second kappa shape index (κ2) is 2.02. The Morgan fingerprint density at radius 2 is 2.09 bits per heavy atom. The van der Waals surface area contributed by atoms with Crippen molar-refractivity contribution in [3.63, 3.8) is 0 Å². The Balaban J connectivity index is 2.87. The predicted octanol–water partition coefficient (Wildman–Crippen LogP) is 2.32. The molecule has 1 radical (unpaired) electrons. The summed E-state index contributed by atoms with van der Waals surface area (Å²) < 4.78 is 1.94. The summed E-state index contributed by atoms with van der Waals surface area (Å²) in [5, 5.41) is 12.0. The number of hydrogen-bond donors (Lipinski definition) is 0. The molecule has 0 aliphatic heterocycles. The van der Waals surface area contributed by atoms with Crippen molar-refractivity contribution in [2.24, 2.45) is 7.05 Å². The Kier molecular flexibility index (Phi) is 1.15. The maximum absolute atomic E-state index is 10.9.